The highest BCUT2D eigenvalue weighted by Crippen LogP contribution is 2.47. The summed E-state index contributed by atoms with van der Waals surface area (Å²) in [6.07, 6.45) is 0.862. The van der Waals surface area contributed by atoms with Crippen LogP contribution >= 0.6 is 0 Å². The molecular weight excluding hydrogens is 298 g/mol. The monoisotopic (exact) mass is 319 g/mol. The van der Waals surface area contributed by atoms with Gasteiger partial charge >= 0.3 is 0 Å². The van der Waals surface area contributed by atoms with Gasteiger partial charge in [-0.3, -0.25) is 9.59 Å². The molecule has 1 amide bonds. The lowest BCUT2D eigenvalue weighted by molar-refractivity contribution is -0.117. The predicted octanol–water partition coefficient (Wildman–Crippen LogP) is 4.07. The molecule has 1 saturated heterocycles. The second kappa shape index (κ2) is 5.30. The quantitative estimate of drug-likeness (QED) is 0.836. The van der Waals surface area contributed by atoms with Crippen LogP contribution in [-0.4, -0.2) is 18.2 Å². The fourth-order valence-corrected chi connectivity index (χ4v) is 4.26. The van der Waals surface area contributed by atoms with Gasteiger partial charge in [0, 0.05) is 36.1 Å². The fourth-order valence-electron chi connectivity index (χ4n) is 4.26. The maximum atomic E-state index is 12.8. The molecule has 1 atom stereocenters. The van der Waals surface area contributed by atoms with Gasteiger partial charge in [-0.1, -0.05) is 56.3 Å². The third-order valence-electron chi connectivity index (χ3n) is 5.40. The Balaban J connectivity index is 1.77. The zero-order chi connectivity index (χ0) is 16.9. The Morgan fingerprint density at radius 2 is 1.67 bits per heavy atom. The van der Waals surface area contributed by atoms with E-state index in [1.165, 1.54) is 5.56 Å². The van der Waals surface area contributed by atoms with Crippen molar-refractivity contribution in [1.29, 1.82) is 0 Å². The van der Waals surface area contributed by atoms with Gasteiger partial charge in [0.1, 0.15) is 0 Å². The van der Waals surface area contributed by atoms with E-state index in [4.69, 9.17) is 0 Å². The van der Waals surface area contributed by atoms with Crippen molar-refractivity contribution in [3.63, 3.8) is 0 Å². The molecule has 0 N–H and O–H groups in total. The van der Waals surface area contributed by atoms with Gasteiger partial charge in [0.2, 0.25) is 5.91 Å². The molecule has 2 aromatic carbocycles. The van der Waals surface area contributed by atoms with E-state index in [9.17, 15) is 9.59 Å². The Kier molecular flexibility index (Phi) is 3.34. The number of rotatable bonds is 2. The predicted molar refractivity (Wildman–Crippen MR) is 94.6 cm³/mol. The Morgan fingerprint density at radius 1 is 0.958 bits per heavy atom. The molecule has 0 aromatic heterocycles. The summed E-state index contributed by atoms with van der Waals surface area (Å²) in [5, 5.41) is 0. The Labute approximate surface area is 142 Å². The Bertz CT molecular complexity index is 839. The lowest BCUT2D eigenvalue weighted by Gasteiger charge is -2.26. The van der Waals surface area contributed by atoms with Crippen LogP contribution in [0.5, 0.6) is 0 Å². The van der Waals surface area contributed by atoms with Crippen molar-refractivity contribution >= 4 is 17.4 Å². The molecule has 0 radical (unpaired) electrons. The first-order valence-electron chi connectivity index (χ1n) is 8.54. The number of Topliss-reactive ketones (excluding diaryl/α,β-unsaturated/α-hetero) is 1. The van der Waals surface area contributed by atoms with Gasteiger partial charge in [-0.15, -0.1) is 0 Å². The van der Waals surface area contributed by atoms with Gasteiger partial charge in [0.05, 0.1) is 0 Å². The number of nitrogens with zero attached hydrogens (tertiary/aromatic N) is 1. The zero-order valence-corrected chi connectivity index (χ0v) is 14.1. The molecule has 0 bridgehead atoms. The van der Waals surface area contributed by atoms with E-state index in [0.29, 0.717) is 25.3 Å². The number of anilines is 1. The minimum absolute atomic E-state index is 0.118. The van der Waals surface area contributed by atoms with Crippen LogP contribution in [0.4, 0.5) is 5.69 Å². The third-order valence-corrected chi connectivity index (χ3v) is 5.40. The minimum atomic E-state index is -0.352. The second-order valence-electron chi connectivity index (χ2n) is 7.30. The summed E-state index contributed by atoms with van der Waals surface area (Å²) in [6.45, 7) is 4.88. The van der Waals surface area contributed by atoms with Crippen molar-refractivity contribution in [3.8, 4) is 0 Å². The van der Waals surface area contributed by atoms with Crippen LogP contribution < -0.4 is 4.90 Å². The largest absolute Gasteiger partial charge is 0.311 e. The molecule has 2 aliphatic rings. The molecule has 3 nitrogen and oxygen atoms in total. The number of para-hydroxylation sites is 1. The Morgan fingerprint density at radius 3 is 2.46 bits per heavy atom. The maximum absolute atomic E-state index is 12.8. The number of amides is 1. The van der Waals surface area contributed by atoms with Crippen LogP contribution in [0.2, 0.25) is 0 Å². The summed E-state index contributed by atoms with van der Waals surface area (Å²) in [6, 6.07) is 15.9. The smallest absolute Gasteiger partial charge is 0.228 e. The molecule has 2 aromatic rings. The summed E-state index contributed by atoms with van der Waals surface area (Å²) in [4.78, 5) is 27.2. The molecule has 1 fully saturated rings. The summed E-state index contributed by atoms with van der Waals surface area (Å²) >= 11 is 0. The molecular formula is C21H21NO2. The first kappa shape index (κ1) is 15.1. The van der Waals surface area contributed by atoms with Crippen LogP contribution in [0, 0.1) is 0 Å². The van der Waals surface area contributed by atoms with E-state index >= 15 is 0 Å². The van der Waals surface area contributed by atoms with Gasteiger partial charge in [-0.25, -0.2) is 0 Å². The molecule has 24 heavy (non-hydrogen) atoms. The molecule has 1 heterocycles. The number of hydrogen-bond donors (Lipinski definition) is 0. The van der Waals surface area contributed by atoms with Gasteiger partial charge < -0.3 is 4.90 Å². The highest BCUT2D eigenvalue weighted by atomic mass is 16.2. The number of carbonyl (C=O) groups excluding carboxylic acids is 2. The zero-order valence-electron chi connectivity index (χ0n) is 14.1. The number of fused-ring (bicyclic) bond motifs is 2. The lowest BCUT2D eigenvalue weighted by Crippen LogP contribution is -2.30. The third kappa shape index (κ3) is 2.11. The van der Waals surface area contributed by atoms with Gasteiger partial charge in [-0.2, -0.15) is 0 Å². The first-order valence-corrected chi connectivity index (χ1v) is 8.54. The Hall–Kier alpha value is -2.42. The normalized spacial score (nSPS) is 22.7. The molecule has 1 unspecified atom stereocenters. The topological polar surface area (TPSA) is 37.4 Å². The van der Waals surface area contributed by atoms with E-state index in [1.807, 2.05) is 47.4 Å². The molecule has 0 saturated carbocycles. The number of hydrogen-bond acceptors (Lipinski definition) is 2. The summed E-state index contributed by atoms with van der Waals surface area (Å²) in [5.74, 6) is 0.632. The summed E-state index contributed by atoms with van der Waals surface area (Å²) in [5.41, 5.74) is 3.67. The van der Waals surface area contributed by atoms with Crippen LogP contribution in [0.15, 0.2) is 48.5 Å². The lowest BCUT2D eigenvalue weighted by atomic mass is 9.81. The van der Waals surface area contributed by atoms with E-state index in [0.717, 1.165) is 16.8 Å². The van der Waals surface area contributed by atoms with Crippen LogP contribution in [0.1, 0.15) is 54.1 Å². The van der Waals surface area contributed by atoms with Crippen LogP contribution in [0.3, 0.4) is 0 Å². The highest BCUT2D eigenvalue weighted by Gasteiger charge is 2.51. The maximum Gasteiger partial charge on any atom is 0.228 e. The standard InChI is InChI=1S/C21H21NO2/c1-14(2)15-7-4-6-10-18(15)22-13-21(12-20(22)24)11-19(23)16-8-3-5-9-17(16)21/h3-10,14H,11-13H2,1-2H3. The first-order chi connectivity index (χ1) is 11.5. The fraction of sp³-hybridized carbons (Fsp3) is 0.333. The van der Waals surface area contributed by atoms with E-state index in [2.05, 4.69) is 19.9 Å². The van der Waals surface area contributed by atoms with Gasteiger partial charge in [0.15, 0.2) is 5.78 Å². The molecule has 1 aliphatic carbocycles. The SMILES string of the molecule is CC(C)c1ccccc1N1CC2(CC(=O)c3ccccc32)CC1=O. The number of benzene rings is 2. The molecule has 1 aliphatic heterocycles. The van der Waals surface area contributed by atoms with E-state index < -0.39 is 0 Å². The van der Waals surface area contributed by atoms with Gasteiger partial charge in [0.25, 0.3) is 0 Å². The van der Waals surface area contributed by atoms with Crippen molar-refractivity contribution in [2.75, 3.05) is 11.4 Å². The average Bonchev–Trinajstić information content (AvgIpc) is 3.05. The minimum Gasteiger partial charge on any atom is -0.311 e. The van der Waals surface area contributed by atoms with E-state index in [1.54, 1.807) is 0 Å². The highest BCUT2D eigenvalue weighted by molar-refractivity contribution is 6.06. The molecule has 4 rings (SSSR count). The summed E-state index contributed by atoms with van der Waals surface area (Å²) in [7, 11) is 0. The van der Waals surface area contributed by atoms with E-state index in [-0.39, 0.29) is 17.1 Å². The van der Waals surface area contributed by atoms with Crippen molar-refractivity contribution in [2.24, 2.45) is 0 Å². The molecule has 122 valence electrons. The van der Waals surface area contributed by atoms with Crippen molar-refractivity contribution < 1.29 is 9.59 Å². The van der Waals surface area contributed by atoms with Crippen molar-refractivity contribution in [1.82, 2.24) is 0 Å². The van der Waals surface area contributed by atoms with Crippen molar-refractivity contribution in [3.05, 3.63) is 65.2 Å². The number of ketones is 1. The average molecular weight is 319 g/mol. The molecule has 1 spiro atoms. The van der Waals surface area contributed by atoms with Gasteiger partial charge in [-0.05, 0) is 23.1 Å². The van der Waals surface area contributed by atoms with Crippen LogP contribution in [0.25, 0.3) is 0 Å². The number of carbonyl (C=O) groups is 2. The second-order valence-corrected chi connectivity index (χ2v) is 7.30. The van der Waals surface area contributed by atoms with Crippen molar-refractivity contribution in [2.45, 2.75) is 38.0 Å². The summed E-state index contributed by atoms with van der Waals surface area (Å²) < 4.78 is 0. The van der Waals surface area contributed by atoms with Crippen LogP contribution in [-0.2, 0) is 10.2 Å². The molecule has 3 heteroatoms.